The summed E-state index contributed by atoms with van der Waals surface area (Å²) in [5, 5.41) is 11.8. The van der Waals surface area contributed by atoms with Crippen LogP contribution in [0.4, 0.5) is 4.79 Å². The summed E-state index contributed by atoms with van der Waals surface area (Å²) < 4.78 is 0. The van der Waals surface area contributed by atoms with Gasteiger partial charge in [-0.3, -0.25) is 0 Å². The molecule has 108 valence electrons. The standard InChI is InChI=1S/C13H18N4OS2/c1-9-16-11(7-19-9)3-5-14-13(18)15-6-4-12-8-20-10(2)17-12/h7-8H,3-6H2,1-2H3,(H2,14,15,18). The lowest BCUT2D eigenvalue weighted by molar-refractivity contribution is 0.241. The van der Waals surface area contributed by atoms with Crippen molar-refractivity contribution in [3.63, 3.8) is 0 Å². The van der Waals surface area contributed by atoms with Crippen LogP contribution in [-0.4, -0.2) is 29.1 Å². The maximum Gasteiger partial charge on any atom is 0.314 e. The number of thiazole rings is 2. The first-order valence-corrected chi connectivity index (χ1v) is 8.23. The molecule has 0 aliphatic heterocycles. The summed E-state index contributed by atoms with van der Waals surface area (Å²) in [6.45, 7) is 5.17. The van der Waals surface area contributed by atoms with Gasteiger partial charge in [0, 0.05) is 36.7 Å². The van der Waals surface area contributed by atoms with Crippen molar-refractivity contribution in [1.29, 1.82) is 0 Å². The minimum Gasteiger partial charge on any atom is -0.338 e. The van der Waals surface area contributed by atoms with Crippen molar-refractivity contribution >= 4 is 28.7 Å². The topological polar surface area (TPSA) is 66.9 Å². The van der Waals surface area contributed by atoms with Crippen LogP contribution in [0.5, 0.6) is 0 Å². The molecule has 2 aromatic rings. The Bertz CT molecular complexity index is 516. The molecule has 5 nitrogen and oxygen atoms in total. The third kappa shape index (κ3) is 4.90. The summed E-state index contributed by atoms with van der Waals surface area (Å²) in [5.41, 5.74) is 2.07. The molecule has 0 fully saturated rings. The fourth-order valence-corrected chi connectivity index (χ4v) is 3.01. The van der Waals surface area contributed by atoms with Crippen LogP contribution in [0.3, 0.4) is 0 Å². The highest BCUT2D eigenvalue weighted by molar-refractivity contribution is 7.09. The van der Waals surface area contributed by atoms with Gasteiger partial charge in [-0.1, -0.05) is 0 Å². The number of urea groups is 1. The van der Waals surface area contributed by atoms with Crippen LogP contribution >= 0.6 is 22.7 Å². The maximum absolute atomic E-state index is 11.6. The van der Waals surface area contributed by atoms with Gasteiger partial charge >= 0.3 is 6.03 Å². The number of rotatable bonds is 6. The predicted molar refractivity (Wildman–Crippen MR) is 82.5 cm³/mol. The minimum atomic E-state index is -0.135. The van der Waals surface area contributed by atoms with E-state index in [4.69, 9.17) is 0 Å². The number of hydrogen-bond acceptors (Lipinski definition) is 5. The number of aromatic nitrogens is 2. The average Bonchev–Trinajstić information content (AvgIpc) is 2.99. The Morgan fingerprint density at radius 2 is 1.45 bits per heavy atom. The summed E-state index contributed by atoms with van der Waals surface area (Å²) in [7, 11) is 0. The zero-order chi connectivity index (χ0) is 14.4. The van der Waals surface area contributed by atoms with Crippen molar-refractivity contribution in [1.82, 2.24) is 20.6 Å². The number of amides is 2. The van der Waals surface area contributed by atoms with Crippen LogP contribution < -0.4 is 10.6 Å². The highest BCUT2D eigenvalue weighted by Crippen LogP contribution is 2.08. The fourth-order valence-electron chi connectivity index (χ4n) is 1.72. The van der Waals surface area contributed by atoms with E-state index in [0.29, 0.717) is 13.1 Å². The second-order valence-corrected chi connectivity index (χ2v) is 6.52. The zero-order valence-electron chi connectivity index (χ0n) is 11.6. The second kappa shape index (κ2) is 7.35. The maximum atomic E-state index is 11.6. The van der Waals surface area contributed by atoms with Crippen molar-refractivity contribution in [3.05, 3.63) is 32.2 Å². The molecule has 0 radical (unpaired) electrons. The summed E-state index contributed by atoms with van der Waals surface area (Å²) in [6.07, 6.45) is 1.53. The predicted octanol–water partition coefficient (Wildman–Crippen LogP) is 2.30. The van der Waals surface area contributed by atoms with E-state index in [2.05, 4.69) is 20.6 Å². The first kappa shape index (κ1) is 14.9. The first-order chi connectivity index (χ1) is 9.63. The molecule has 0 atom stereocenters. The molecule has 0 saturated carbocycles. The Balaban J connectivity index is 1.58. The van der Waals surface area contributed by atoms with Gasteiger partial charge in [0.25, 0.3) is 0 Å². The smallest absolute Gasteiger partial charge is 0.314 e. The minimum absolute atomic E-state index is 0.135. The number of nitrogens with one attached hydrogen (secondary N) is 2. The molecular formula is C13H18N4OS2. The van der Waals surface area contributed by atoms with Gasteiger partial charge in [-0.2, -0.15) is 0 Å². The number of nitrogens with zero attached hydrogens (tertiary/aromatic N) is 2. The van der Waals surface area contributed by atoms with Crippen molar-refractivity contribution in [2.45, 2.75) is 26.7 Å². The van der Waals surface area contributed by atoms with Gasteiger partial charge in [-0.25, -0.2) is 14.8 Å². The summed E-state index contributed by atoms with van der Waals surface area (Å²) in [4.78, 5) is 20.3. The van der Waals surface area contributed by atoms with Crippen LogP contribution in [0, 0.1) is 13.8 Å². The van der Waals surface area contributed by atoms with E-state index in [1.165, 1.54) is 0 Å². The van der Waals surface area contributed by atoms with Crippen LogP contribution in [0.2, 0.25) is 0 Å². The zero-order valence-corrected chi connectivity index (χ0v) is 13.2. The number of carbonyl (C=O) groups is 1. The Morgan fingerprint density at radius 3 is 1.80 bits per heavy atom. The van der Waals surface area contributed by atoms with Gasteiger partial charge in [-0.05, 0) is 13.8 Å². The number of carbonyl (C=O) groups excluding carboxylic acids is 1. The molecule has 2 N–H and O–H groups in total. The molecule has 0 bridgehead atoms. The first-order valence-electron chi connectivity index (χ1n) is 6.47. The molecular weight excluding hydrogens is 292 g/mol. The third-order valence-electron chi connectivity index (χ3n) is 2.67. The highest BCUT2D eigenvalue weighted by Gasteiger charge is 2.03. The number of aryl methyl sites for hydroxylation is 2. The molecule has 7 heteroatoms. The Labute approximate surface area is 126 Å². The average molecular weight is 310 g/mol. The molecule has 0 aliphatic rings. The monoisotopic (exact) mass is 310 g/mol. The van der Waals surface area contributed by atoms with E-state index in [9.17, 15) is 4.79 Å². The van der Waals surface area contributed by atoms with Crippen LogP contribution in [-0.2, 0) is 12.8 Å². The summed E-state index contributed by atoms with van der Waals surface area (Å²) >= 11 is 3.26. The van der Waals surface area contributed by atoms with Gasteiger partial charge in [0.05, 0.1) is 21.4 Å². The van der Waals surface area contributed by atoms with Crippen molar-refractivity contribution in [3.8, 4) is 0 Å². The van der Waals surface area contributed by atoms with Crippen LogP contribution in [0.1, 0.15) is 21.4 Å². The molecule has 20 heavy (non-hydrogen) atoms. The van der Waals surface area contributed by atoms with E-state index < -0.39 is 0 Å². The van der Waals surface area contributed by atoms with Crippen molar-refractivity contribution in [2.75, 3.05) is 13.1 Å². The van der Waals surface area contributed by atoms with Crippen LogP contribution in [0.15, 0.2) is 10.8 Å². The molecule has 0 aromatic carbocycles. The second-order valence-electron chi connectivity index (χ2n) is 4.40. The molecule has 0 unspecified atom stereocenters. The van der Waals surface area contributed by atoms with Gasteiger partial charge < -0.3 is 10.6 Å². The van der Waals surface area contributed by atoms with Crippen molar-refractivity contribution in [2.24, 2.45) is 0 Å². The highest BCUT2D eigenvalue weighted by atomic mass is 32.1. The Morgan fingerprint density at radius 1 is 1.00 bits per heavy atom. The summed E-state index contributed by atoms with van der Waals surface area (Å²) in [6, 6.07) is -0.135. The van der Waals surface area contributed by atoms with Crippen LogP contribution in [0.25, 0.3) is 0 Å². The van der Waals surface area contributed by atoms with E-state index in [1.807, 2.05) is 24.6 Å². The quantitative estimate of drug-likeness (QED) is 0.860. The third-order valence-corrected chi connectivity index (χ3v) is 4.31. The normalized spacial score (nSPS) is 10.5. The van der Waals surface area contributed by atoms with E-state index >= 15 is 0 Å². The lowest BCUT2D eigenvalue weighted by Crippen LogP contribution is -2.37. The van der Waals surface area contributed by atoms with E-state index in [1.54, 1.807) is 22.7 Å². The molecule has 0 saturated heterocycles. The van der Waals surface area contributed by atoms with Gasteiger partial charge in [0.15, 0.2) is 0 Å². The Kier molecular flexibility index (Phi) is 5.49. The van der Waals surface area contributed by atoms with E-state index in [-0.39, 0.29) is 6.03 Å². The lowest BCUT2D eigenvalue weighted by Gasteiger charge is -2.05. The SMILES string of the molecule is Cc1nc(CCNC(=O)NCCc2csc(C)n2)cs1. The Hall–Kier alpha value is -1.47. The number of hydrogen-bond donors (Lipinski definition) is 2. The fraction of sp³-hybridized carbons (Fsp3) is 0.462. The van der Waals surface area contributed by atoms with Gasteiger partial charge in [-0.15, -0.1) is 22.7 Å². The molecule has 2 aromatic heterocycles. The molecule has 0 spiro atoms. The molecule has 2 rings (SSSR count). The lowest BCUT2D eigenvalue weighted by atomic mass is 10.3. The molecule has 0 aliphatic carbocycles. The molecule has 2 heterocycles. The van der Waals surface area contributed by atoms with Gasteiger partial charge in [0.1, 0.15) is 0 Å². The summed E-state index contributed by atoms with van der Waals surface area (Å²) in [5.74, 6) is 0. The van der Waals surface area contributed by atoms with Gasteiger partial charge in [0.2, 0.25) is 0 Å². The molecule has 2 amide bonds. The largest absolute Gasteiger partial charge is 0.338 e. The van der Waals surface area contributed by atoms with E-state index in [0.717, 1.165) is 34.2 Å². The van der Waals surface area contributed by atoms with Crippen molar-refractivity contribution < 1.29 is 4.79 Å².